The Labute approximate surface area is 112 Å². The molecule has 0 aromatic heterocycles. The van der Waals surface area contributed by atoms with Crippen molar-refractivity contribution in [2.24, 2.45) is 5.92 Å². The Morgan fingerprint density at radius 1 is 1.22 bits per heavy atom. The molecule has 0 aromatic rings. The van der Waals surface area contributed by atoms with Crippen molar-refractivity contribution >= 4 is 0 Å². The van der Waals surface area contributed by atoms with Gasteiger partial charge in [-0.2, -0.15) is 0 Å². The Morgan fingerprint density at radius 2 is 2.06 bits per heavy atom. The Hall–Kier alpha value is -0.120. The number of piperazine rings is 1. The second-order valence-corrected chi connectivity index (χ2v) is 5.76. The smallest absolute Gasteiger partial charge is 0.0478 e. The number of nitrogens with zero attached hydrogens (tertiary/aromatic N) is 1. The van der Waals surface area contributed by atoms with Gasteiger partial charge >= 0.3 is 0 Å². The Morgan fingerprint density at radius 3 is 2.83 bits per heavy atom. The van der Waals surface area contributed by atoms with Crippen molar-refractivity contribution in [3.05, 3.63) is 0 Å². The van der Waals surface area contributed by atoms with Crippen LogP contribution in [0.3, 0.4) is 0 Å². The van der Waals surface area contributed by atoms with Crippen molar-refractivity contribution in [2.75, 3.05) is 39.4 Å². The standard InChI is InChI=1S/C15H30N2O/c1-2-18-12-6-10-17-11-9-16-13-15(17)14-7-4-3-5-8-14/h14-16H,2-13H2,1H3. The largest absolute Gasteiger partial charge is 0.382 e. The second kappa shape index (κ2) is 8.13. The maximum Gasteiger partial charge on any atom is 0.0478 e. The molecule has 1 unspecified atom stereocenters. The maximum absolute atomic E-state index is 5.46. The quantitative estimate of drug-likeness (QED) is 0.736. The molecule has 18 heavy (non-hydrogen) atoms. The number of rotatable bonds is 6. The van der Waals surface area contributed by atoms with Gasteiger partial charge in [-0.1, -0.05) is 19.3 Å². The monoisotopic (exact) mass is 254 g/mol. The first-order valence-electron chi connectivity index (χ1n) is 7.94. The molecule has 0 amide bonds. The predicted octanol–water partition coefficient (Wildman–Crippen LogP) is 2.27. The van der Waals surface area contributed by atoms with Gasteiger partial charge in [-0.25, -0.2) is 0 Å². The van der Waals surface area contributed by atoms with Gasteiger partial charge in [0.2, 0.25) is 0 Å². The fraction of sp³-hybridized carbons (Fsp3) is 1.00. The molecule has 2 rings (SSSR count). The number of hydrogen-bond acceptors (Lipinski definition) is 3. The number of hydrogen-bond donors (Lipinski definition) is 1. The van der Waals surface area contributed by atoms with Crippen molar-refractivity contribution in [2.45, 2.75) is 51.5 Å². The minimum Gasteiger partial charge on any atom is -0.382 e. The third-order valence-electron chi connectivity index (χ3n) is 4.53. The molecule has 3 heteroatoms. The van der Waals surface area contributed by atoms with Gasteiger partial charge in [-0.3, -0.25) is 4.90 Å². The molecule has 0 radical (unpaired) electrons. The van der Waals surface area contributed by atoms with Gasteiger partial charge in [-0.05, 0) is 32.1 Å². The van der Waals surface area contributed by atoms with Gasteiger partial charge < -0.3 is 10.1 Å². The van der Waals surface area contributed by atoms with E-state index in [1.54, 1.807) is 0 Å². The van der Waals surface area contributed by atoms with Gasteiger partial charge in [-0.15, -0.1) is 0 Å². The molecule has 0 aromatic carbocycles. The summed E-state index contributed by atoms with van der Waals surface area (Å²) in [4.78, 5) is 2.73. The predicted molar refractivity (Wildman–Crippen MR) is 75.9 cm³/mol. The molecule has 1 saturated heterocycles. The van der Waals surface area contributed by atoms with Crippen LogP contribution in [0.2, 0.25) is 0 Å². The van der Waals surface area contributed by atoms with Crippen molar-refractivity contribution in [1.29, 1.82) is 0 Å². The van der Waals surface area contributed by atoms with Crippen LogP contribution >= 0.6 is 0 Å². The van der Waals surface area contributed by atoms with E-state index >= 15 is 0 Å². The van der Waals surface area contributed by atoms with E-state index in [0.29, 0.717) is 0 Å². The van der Waals surface area contributed by atoms with Gasteiger partial charge in [0.1, 0.15) is 0 Å². The summed E-state index contributed by atoms with van der Waals surface area (Å²) in [6.07, 6.45) is 8.46. The van der Waals surface area contributed by atoms with Gasteiger partial charge in [0, 0.05) is 45.4 Å². The fourth-order valence-electron chi connectivity index (χ4n) is 3.54. The van der Waals surface area contributed by atoms with Gasteiger partial charge in [0.25, 0.3) is 0 Å². The lowest BCUT2D eigenvalue weighted by Gasteiger charge is -2.42. The van der Waals surface area contributed by atoms with Crippen LogP contribution in [-0.4, -0.2) is 50.3 Å². The second-order valence-electron chi connectivity index (χ2n) is 5.76. The highest BCUT2D eigenvalue weighted by atomic mass is 16.5. The summed E-state index contributed by atoms with van der Waals surface area (Å²) in [5.74, 6) is 0.943. The summed E-state index contributed by atoms with van der Waals surface area (Å²) in [6, 6.07) is 0.792. The average molecular weight is 254 g/mol. The van der Waals surface area contributed by atoms with Crippen LogP contribution in [0.1, 0.15) is 45.4 Å². The van der Waals surface area contributed by atoms with E-state index in [9.17, 15) is 0 Å². The third kappa shape index (κ3) is 4.22. The molecular weight excluding hydrogens is 224 g/mol. The van der Waals surface area contributed by atoms with E-state index in [2.05, 4.69) is 17.1 Å². The van der Waals surface area contributed by atoms with E-state index in [4.69, 9.17) is 4.74 Å². The molecule has 3 nitrogen and oxygen atoms in total. The summed E-state index contributed by atoms with van der Waals surface area (Å²) in [7, 11) is 0. The lowest BCUT2D eigenvalue weighted by Crippen LogP contribution is -2.55. The molecule has 1 heterocycles. The van der Waals surface area contributed by atoms with Crippen LogP contribution in [0.4, 0.5) is 0 Å². The van der Waals surface area contributed by atoms with Gasteiger partial charge in [0.05, 0.1) is 0 Å². The molecule has 0 bridgehead atoms. The minimum atomic E-state index is 0.792. The summed E-state index contributed by atoms with van der Waals surface area (Å²) in [6.45, 7) is 8.69. The van der Waals surface area contributed by atoms with Crippen molar-refractivity contribution in [3.63, 3.8) is 0 Å². The molecular formula is C15H30N2O. The topological polar surface area (TPSA) is 24.5 Å². The Balaban J connectivity index is 1.77. The SMILES string of the molecule is CCOCCCN1CCNCC1C1CCCCC1. The van der Waals surface area contributed by atoms with Crippen molar-refractivity contribution in [1.82, 2.24) is 10.2 Å². The van der Waals surface area contributed by atoms with E-state index in [-0.39, 0.29) is 0 Å². The number of ether oxygens (including phenoxy) is 1. The molecule has 1 atom stereocenters. The summed E-state index contributed by atoms with van der Waals surface area (Å²) in [5, 5.41) is 3.59. The molecule has 1 aliphatic heterocycles. The zero-order chi connectivity index (χ0) is 12.6. The zero-order valence-electron chi connectivity index (χ0n) is 12.0. The summed E-state index contributed by atoms with van der Waals surface area (Å²) < 4.78 is 5.46. The van der Waals surface area contributed by atoms with Crippen LogP contribution in [0.5, 0.6) is 0 Å². The van der Waals surface area contributed by atoms with Crippen LogP contribution in [0.15, 0.2) is 0 Å². The summed E-state index contributed by atoms with van der Waals surface area (Å²) >= 11 is 0. The highest BCUT2D eigenvalue weighted by molar-refractivity contribution is 4.86. The maximum atomic E-state index is 5.46. The summed E-state index contributed by atoms with van der Waals surface area (Å²) in [5.41, 5.74) is 0. The van der Waals surface area contributed by atoms with E-state index in [1.807, 2.05) is 0 Å². The Bertz CT molecular complexity index is 217. The lowest BCUT2D eigenvalue weighted by molar-refractivity contribution is 0.0749. The lowest BCUT2D eigenvalue weighted by atomic mass is 9.82. The molecule has 106 valence electrons. The number of nitrogens with one attached hydrogen (secondary N) is 1. The van der Waals surface area contributed by atoms with E-state index in [0.717, 1.165) is 31.7 Å². The first-order valence-corrected chi connectivity index (χ1v) is 7.94. The zero-order valence-corrected chi connectivity index (χ0v) is 12.0. The first kappa shape index (κ1) is 14.3. The average Bonchev–Trinajstić information content (AvgIpc) is 2.45. The van der Waals surface area contributed by atoms with E-state index in [1.165, 1.54) is 58.2 Å². The van der Waals surface area contributed by atoms with Crippen molar-refractivity contribution in [3.8, 4) is 0 Å². The molecule has 1 saturated carbocycles. The first-order chi connectivity index (χ1) is 8.92. The van der Waals surface area contributed by atoms with Crippen molar-refractivity contribution < 1.29 is 4.74 Å². The highest BCUT2D eigenvalue weighted by Gasteiger charge is 2.30. The third-order valence-corrected chi connectivity index (χ3v) is 4.53. The molecule has 2 aliphatic rings. The molecule has 2 fully saturated rings. The minimum absolute atomic E-state index is 0.792. The Kier molecular flexibility index (Phi) is 6.46. The van der Waals surface area contributed by atoms with Crippen LogP contribution in [0, 0.1) is 5.92 Å². The van der Waals surface area contributed by atoms with E-state index < -0.39 is 0 Å². The molecule has 1 N–H and O–H groups in total. The van der Waals surface area contributed by atoms with Crippen LogP contribution in [-0.2, 0) is 4.74 Å². The molecule has 1 aliphatic carbocycles. The fourth-order valence-corrected chi connectivity index (χ4v) is 3.54. The normalized spacial score (nSPS) is 27.5. The highest BCUT2D eigenvalue weighted by Crippen LogP contribution is 2.29. The molecule has 0 spiro atoms. The van der Waals surface area contributed by atoms with Gasteiger partial charge in [0.15, 0.2) is 0 Å². The van der Waals surface area contributed by atoms with Crippen LogP contribution < -0.4 is 5.32 Å². The van der Waals surface area contributed by atoms with Crippen LogP contribution in [0.25, 0.3) is 0 Å².